The predicted octanol–water partition coefficient (Wildman–Crippen LogP) is 2.66. The highest BCUT2D eigenvalue weighted by molar-refractivity contribution is 6.03. The van der Waals surface area contributed by atoms with E-state index < -0.39 is 5.97 Å². The molecule has 0 bridgehead atoms. The van der Waals surface area contributed by atoms with Gasteiger partial charge in [-0.1, -0.05) is 36.4 Å². The van der Waals surface area contributed by atoms with Crippen molar-refractivity contribution in [2.45, 2.75) is 6.92 Å². The minimum Gasteiger partial charge on any atom is -0.423 e. The summed E-state index contributed by atoms with van der Waals surface area (Å²) in [6.07, 6.45) is 6.01. The van der Waals surface area contributed by atoms with Gasteiger partial charge in [-0.25, -0.2) is 4.79 Å². The van der Waals surface area contributed by atoms with Gasteiger partial charge >= 0.3 is 5.97 Å². The van der Waals surface area contributed by atoms with Crippen LogP contribution in [0.2, 0.25) is 0 Å². The average molecular weight is 240 g/mol. The second-order valence-corrected chi connectivity index (χ2v) is 3.91. The van der Waals surface area contributed by atoms with Gasteiger partial charge in [0.25, 0.3) is 0 Å². The maximum Gasteiger partial charge on any atom is 0.339 e. The van der Waals surface area contributed by atoms with Crippen LogP contribution in [0.1, 0.15) is 12.5 Å². The van der Waals surface area contributed by atoms with E-state index in [-0.39, 0.29) is 5.78 Å². The molecule has 0 N–H and O–H groups in total. The van der Waals surface area contributed by atoms with Crippen molar-refractivity contribution in [3.8, 4) is 0 Å². The summed E-state index contributed by atoms with van der Waals surface area (Å²) in [5.41, 5.74) is 1.44. The Hall–Kier alpha value is -2.42. The van der Waals surface area contributed by atoms with E-state index >= 15 is 0 Å². The molecule has 0 aromatic heterocycles. The highest BCUT2D eigenvalue weighted by Crippen LogP contribution is 2.16. The molecule has 0 spiro atoms. The normalized spacial score (nSPS) is 17.1. The molecule has 2 rings (SSSR count). The summed E-state index contributed by atoms with van der Waals surface area (Å²) < 4.78 is 4.87. The highest BCUT2D eigenvalue weighted by Gasteiger charge is 2.16. The highest BCUT2D eigenvalue weighted by atomic mass is 16.5. The van der Waals surface area contributed by atoms with Crippen molar-refractivity contribution in [1.29, 1.82) is 0 Å². The van der Waals surface area contributed by atoms with Crippen molar-refractivity contribution in [2.75, 3.05) is 0 Å². The summed E-state index contributed by atoms with van der Waals surface area (Å²) in [5.74, 6) is -0.325. The molecule has 0 atom stereocenters. The van der Waals surface area contributed by atoms with Crippen molar-refractivity contribution in [1.82, 2.24) is 0 Å². The van der Waals surface area contributed by atoms with E-state index in [4.69, 9.17) is 4.74 Å². The standard InChI is InChI=1S/C15H12O3/c1-11-9-14(18-15(11)17)10-13(16)8-7-12-5-3-2-4-6-12/h2-10H,1H3. The largest absolute Gasteiger partial charge is 0.423 e. The molecule has 90 valence electrons. The van der Waals surface area contributed by atoms with Gasteiger partial charge < -0.3 is 4.74 Å². The Morgan fingerprint density at radius 2 is 1.94 bits per heavy atom. The number of rotatable bonds is 3. The Labute approximate surface area is 105 Å². The smallest absolute Gasteiger partial charge is 0.339 e. The predicted molar refractivity (Wildman–Crippen MR) is 68.4 cm³/mol. The molecule has 1 aromatic rings. The summed E-state index contributed by atoms with van der Waals surface area (Å²) in [5, 5.41) is 0. The zero-order chi connectivity index (χ0) is 13.0. The number of carbonyl (C=O) groups excluding carboxylic acids is 2. The molecule has 1 aromatic carbocycles. The molecule has 18 heavy (non-hydrogen) atoms. The molecular formula is C15H12O3. The number of cyclic esters (lactones) is 1. The lowest BCUT2D eigenvalue weighted by Crippen LogP contribution is -1.96. The molecule has 3 heteroatoms. The molecule has 1 aliphatic rings. The van der Waals surface area contributed by atoms with Gasteiger partial charge in [-0.05, 0) is 24.6 Å². The fourth-order valence-electron chi connectivity index (χ4n) is 1.49. The fraction of sp³-hybridized carbons (Fsp3) is 0.0667. The van der Waals surface area contributed by atoms with Crippen LogP contribution in [-0.2, 0) is 14.3 Å². The van der Waals surface area contributed by atoms with Crippen molar-refractivity contribution in [2.24, 2.45) is 0 Å². The second-order valence-electron chi connectivity index (χ2n) is 3.91. The van der Waals surface area contributed by atoms with Crippen LogP contribution in [0, 0.1) is 0 Å². The summed E-state index contributed by atoms with van der Waals surface area (Å²) in [6.45, 7) is 1.65. The van der Waals surface area contributed by atoms with E-state index in [1.54, 1.807) is 19.1 Å². The Morgan fingerprint density at radius 3 is 2.56 bits per heavy atom. The van der Waals surface area contributed by atoms with Crippen molar-refractivity contribution in [3.63, 3.8) is 0 Å². The minimum absolute atomic E-state index is 0.215. The van der Waals surface area contributed by atoms with Gasteiger partial charge in [-0.15, -0.1) is 0 Å². The van der Waals surface area contributed by atoms with E-state index in [0.717, 1.165) is 5.56 Å². The molecule has 0 aliphatic carbocycles. The first-order chi connectivity index (χ1) is 8.65. The third-order valence-electron chi connectivity index (χ3n) is 2.42. The van der Waals surface area contributed by atoms with Gasteiger partial charge in [0.05, 0.1) is 0 Å². The zero-order valence-electron chi connectivity index (χ0n) is 9.92. The number of allylic oxidation sites excluding steroid dienone is 3. The Morgan fingerprint density at radius 1 is 1.22 bits per heavy atom. The molecule has 1 heterocycles. The van der Waals surface area contributed by atoms with Crippen LogP contribution < -0.4 is 0 Å². The second kappa shape index (κ2) is 5.27. The zero-order valence-corrected chi connectivity index (χ0v) is 9.92. The average Bonchev–Trinajstić information content (AvgIpc) is 2.67. The maximum atomic E-state index is 11.6. The van der Waals surface area contributed by atoms with Crippen molar-refractivity contribution < 1.29 is 14.3 Å². The van der Waals surface area contributed by atoms with Crippen molar-refractivity contribution >= 4 is 17.8 Å². The summed E-state index contributed by atoms with van der Waals surface area (Å²) in [7, 11) is 0. The van der Waals surface area contributed by atoms with E-state index in [9.17, 15) is 9.59 Å². The Bertz CT molecular complexity index is 563. The molecule has 3 nitrogen and oxygen atoms in total. The number of ether oxygens (including phenoxy) is 1. The first kappa shape index (κ1) is 12.0. The number of ketones is 1. The molecule has 0 saturated carbocycles. The van der Waals surface area contributed by atoms with Crippen LogP contribution in [0.15, 0.2) is 59.9 Å². The SMILES string of the molecule is CC1=CC(=CC(=O)C=Cc2ccccc2)OC1=O. The first-order valence-corrected chi connectivity index (χ1v) is 5.54. The van der Waals surface area contributed by atoms with Crippen LogP contribution in [0.3, 0.4) is 0 Å². The molecule has 1 aliphatic heterocycles. The third kappa shape index (κ3) is 3.04. The number of esters is 1. The minimum atomic E-state index is -0.402. The summed E-state index contributed by atoms with van der Waals surface area (Å²) >= 11 is 0. The fourth-order valence-corrected chi connectivity index (χ4v) is 1.49. The number of carbonyl (C=O) groups is 2. The van der Waals surface area contributed by atoms with Gasteiger partial charge in [0, 0.05) is 11.6 Å². The molecule has 0 fully saturated rings. The summed E-state index contributed by atoms with van der Waals surface area (Å²) in [6, 6.07) is 9.50. The van der Waals surface area contributed by atoms with Crippen LogP contribution in [0.25, 0.3) is 6.08 Å². The molecule has 0 unspecified atom stereocenters. The molecular weight excluding hydrogens is 228 g/mol. The first-order valence-electron chi connectivity index (χ1n) is 5.54. The van der Waals surface area contributed by atoms with Crippen LogP contribution in [-0.4, -0.2) is 11.8 Å². The lowest BCUT2D eigenvalue weighted by Gasteiger charge is -1.93. The molecule has 0 amide bonds. The van der Waals surface area contributed by atoms with E-state index in [2.05, 4.69) is 0 Å². The van der Waals surface area contributed by atoms with E-state index in [0.29, 0.717) is 11.3 Å². The van der Waals surface area contributed by atoms with Crippen LogP contribution in [0.5, 0.6) is 0 Å². The third-order valence-corrected chi connectivity index (χ3v) is 2.42. The number of hydrogen-bond acceptors (Lipinski definition) is 3. The van der Waals surface area contributed by atoms with E-state index in [1.807, 2.05) is 30.3 Å². The van der Waals surface area contributed by atoms with Crippen LogP contribution >= 0.6 is 0 Å². The molecule has 0 radical (unpaired) electrons. The number of benzene rings is 1. The monoisotopic (exact) mass is 240 g/mol. The Kier molecular flexibility index (Phi) is 3.53. The quantitative estimate of drug-likeness (QED) is 0.602. The van der Waals surface area contributed by atoms with Crippen molar-refractivity contribution in [3.05, 3.63) is 65.5 Å². The lowest BCUT2D eigenvalue weighted by atomic mass is 10.2. The van der Waals surface area contributed by atoms with Crippen LogP contribution in [0.4, 0.5) is 0 Å². The Balaban J connectivity index is 2.04. The lowest BCUT2D eigenvalue weighted by molar-refractivity contribution is -0.133. The number of hydrogen-bond donors (Lipinski definition) is 0. The molecule has 0 saturated heterocycles. The summed E-state index contributed by atoms with van der Waals surface area (Å²) in [4.78, 5) is 22.7. The topological polar surface area (TPSA) is 43.4 Å². The van der Waals surface area contributed by atoms with E-state index in [1.165, 1.54) is 12.2 Å². The maximum absolute atomic E-state index is 11.6. The van der Waals surface area contributed by atoms with Gasteiger partial charge in [-0.2, -0.15) is 0 Å². The van der Waals surface area contributed by atoms with Gasteiger partial charge in [-0.3, -0.25) is 4.79 Å². The van der Waals surface area contributed by atoms with Gasteiger partial charge in [0.1, 0.15) is 5.76 Å². The van der Waals surface area contributed by atoms with Gasteiger partial charge in [0.15, 0.2) is 5.78 Å². The van der Waals surface area contributed by atoms with Gasteiger partial charge in [0.2, 0.25) is 0 Å².